The number of nitrogens with zero attached hydrogens (tertiary/aromatic N) is 1. The molecule has 1 atom stereocenters. The van der Waals surface area contributed by atoms with Crippen LogP contribution in [-0.2, 0) is 12.0 Å². The lowest BCUT2D eigenvalue weighted by atomic mass is 9.86. The maximum absolute atomic E-state index is 14.7. The van der Waals surface area contributed by atoms with Crippen molar-refractivity contribution in [2.75, 3.05) is 6.54 Å². The predicted molar refractivity (Wildman–Crippen MR) is 97.3 cm³/mol. The molecule has 0 aromatic heterocycles. The molecule has 0 N–H and O–H groups in total. The van der Waals surface area contributed by atoms with E-state index < -0.39 is 0 Å². The van der Waals surface area contributed by atoms with Crippen molar-refractivity contribution >= 4 is 14.5 Å². The van der Waals surface area contributed by atoms with E-state index in [2.05, 4.69) is 61.7 Å². The first kappa shape index (κ1) is 17.9. The van der Waals surface area contributed by atoms with Gasteiger partial charge in [0.25, 0.3) is 0 Å². The SMILES string of the molecule is CC(C)(C)c1cc(F)c(CN(CC2CC2)C(C)(C)C)c(P)c1. The Hall–Kier alpha value is -0.460. The molecule has 2 rings (SSSR count). The van der Waals surface area contributed by atoms with Crippen LogP contribution in [0.3, 0.4) is 0 Å². The summed E-state index contributed by atoms with van der Waals surface area (Å²) in [7, 11) is 2.74. The summed E-state index contributed by atoms with van der Waals surface area (Å²) in [5.41, 5.74) is 1.92. The fraction of sp³-hybridized carbons (Fsp3) is 0.684. The van der Waals surface area contributed by atoms with Gasteiger partial charge in [-0.2, -0.15) is 0 Å². The highest BCUT2D eigenvalue weighted by molar-refractivity contribution is 7.27. The van der Waals surface area contributed by atoms with E-state index in [1.807, 2.05) is 0 Å². The molecular weight excluding hydrogens is 292 g/mol. The lowest BCUT2D eigenvalue weighted by molar-refractivity contribution is 0.120. The molecule has 0 radical (unpaired) electrons. The van der Waals surface area contributed by atoms with E-state index in [1.165, 1.54) is 12.8 Å². The topological polar surface area (TPSA) is 3.24 Å². The molecule has 0 bridgehead atoms. The lowest BCUT2D eigenvalue weighted by Gasteiger charge is -2.36. The monoisotopic (exact) mass is 323 g/mol. The smallest absolute Gasteiger partial charge is 0.128 e. The van der Waals surface area contributed by atoms with E-state index in [0.29, 0.717) is 6.54 Å². The molecule has 124 valence electrons. The summed E-state index contributed by atoms with van der Waals surface area (Å²) in [6.45, 7) is 14.8. The minimum atomic E-state index is -0.0672. The largest absolute Gasteiger partial charge is 0.294 e. The Morgan fingerprint density at radius 1 is 1.14 bits per heavy atom. The predicted octanol–water partition coefficient (Wildman–Crippen LogP) is 4.63. The summed E-state index contributed by atoms with van der Waals surface area (Å²) >= 11 is 0. The van der Waals surface area contributed by atoms with E-state index in [9.17, 15) is 4.39 Å². The highest BCUT2D eigenvalue weighted by Gasteiger charge is 2.31. The Morgan fingerprint density at radius 3 is 2.14 bits per heavy atom. The number of rotatable bonds is 4. The lowest BCUT2D eigenvalue weighted by Crippen LogP contribution is -2.43. The first-order chi connectivity index (χ1) is 9.98. The van der Waals surface area contributed by atoms with Crippen molar-refractivity contribution in [3.63, 3.8) is 0 Å². The van der Waals surface area contributed by atoms with Gasteiger partial charge in [-0.15, -0.1) is 9.24 Å². The van der Waals surface area contributed by atoms with E-state index in [0.717, 1.165) is 28.9 Å². The second kappa shape index (κ2) is 6.21. The molecule has 1 saturated carbocycles. The Bertz CT molecular complexity index is 512. The van der Waals surface area contributed by atoms with Crippen LogP contribution in [0.1, 0.15) is 65.5 Å². The molecule has 1 aliphatic rings. The molecule has 1 aromatic rings. The van der Waals surface area contributed by atoms with Gasteiger partial charge in [0.1, 0.15) is 5.82 Å². The highest BCUT2D eigenvalue weighted by Crippen LogP contribution is 2.33. The summed E-state index contributed by atoms with van der Waals surface area (Å²) in [6, 6.07) is 3.85. The third-order valence-corrected chi connectivity index (χ3v) is 5.08. The number of benzene rings is 1. The molecule has 0 saturated heterocycles. The maximum Gasteiger partial charge on any atom is 0.128 e. The van der Waals surface area contributed by atoms with Crippen molar-refractivity contribution in [3.8, 4) is 0 Å². The van der Waals surface area contributed by atoms with Crippen LogP contribution in [0.15, 0.2) is 12.1 Å². The molecule has 1 fully saturated rings. The van der Waals surface area contributed by atoms with Crippen LogP contribution in [0.2, 0.25) is 0 Å². The van der Waals surface area contributed by atoms with Crippen LogP contribution in [0.5, 0.6) is 0 Å². The normalized spacial score (nSPS) is 16.4. The van der Waals surface area contributed by atoms with Gasteiger partial charge in [0.05, 0.1) is 0 Å². The van der Waals surface area contributed by atoms with Crippen molar-refractivity contribution in [3.05, 3.63) is 29.1 Å². The van der Waals surface area contributed by atoms with Crippen molar-refractivity contribution in [2.45, 2.75) is 71.9 Å². The molecule has 1 unspecified atom stereocenters. The molecule has 22 heavy (non-hydrogen) atoms. The van der Waals surface area contributed by atoms with Gasteiger partial charge in [-0.1, -0.05) is 26.8 Å². The summed E-state index contributed by atoms with van der Waals surface area (Å²) in [5, 5.41) is 0.995. The van der Waals surface area contributed by atoms with Crippen LogP contribution in [0.4, 0.5) is 4.39 Å². The first-order valence-electron chi connectivity index (χ1n) is 8.32. The minimum absolute atomic E-state index is 0.0254. The standard InChI is InChI=1S/C19H31FNP/c1-18(2,3)14-9-16(20)15(17(22)10-14)12-21(19(4,5)6)11-13-7-8-13/h9-10,13H,7-8,11-12,22H2,1-6H3. The van der Waals surface area contributed by atoms with Gasteiger partial charge in [-0.25, -0.2) is 4.39 Å². The summed E-state index contributed by atoms with van der Waals surface area (Å²) in [4.78, 5) is 2.42. The Labute approximate surface area is 137 Å². The Balaban J connectivity index is 2.27. The third-order valence-electron chi connectivity index (χ3n) is 4.57. The molecular formula is C19H31FNP. The summed E-state index contributed by atoms with van der Waals surface area (Å²) in [5.74, 6) is 0.742. The highest BCUT2D eigenvalue weighted by atomic mass is 31.0. The van der Waals surface area contributed by atoms with E-state index >= 15 is 0 Å². The van der Waals surface area contributed by atoms with Gasteiger partial charge in [-0.05, 0) is 61.9 Å². The van der Waals surface area contributed by atoms with Crippen LogP contribution < -0.4 is 5.30 Å². The van der Waals surface area contributed by atoms with Crippen molar-refractivity contribution in [2.24, 2.45) is 5.92 Å². The summed E-state index contributed by atoms with van der Waals surface area (Å²) in [6.07, 6.45) is 2.65. The fourth-order valence-electron chi connectivity index (χ4n) is 2.64. The molecule has 0 spiro atoms. The number of hydrogen-bond acceptors (Lipinski definition) is 1. The van der Waals surface area contributed by atoms with Gasteiger partial charge in [0.15, 0.2) is 0 Å². The van der Waals surface area contributed by atoms with E-state index in [1.54, 1.807) is 6.07 Å². The van der Waals surface area contributed by atoms with Crippen molar-refractivity contribution in [1.82, 2.24) is 4.90 Å². The molecule has 0 amide bonds. The van der Waals surface area contributed by atoms with Crippen molar-refractivity contribution in [1.29, 1.82) is 0 Å². The van der Waals surface area contributed by atoms with Crippen LogP contribution in [0, 0.1) is 11.7 Å². The zero-order valence-corrected chi connectivity index (χ0v) is 16.1. The van der Waals surface area contributed by atoms with Crippen LogP contribution in [0.25, 0.3) is 0 Å². The Morgan fingerprint density at radius 2 is 1.73 bits per heavy atom. The molecule has 0 aliphatic heterocycles. The van der Waals surface area contributed by atoms with E-state index in [-0.39, 0.29) is 16.8 Å². The Kier molecular flexibility index (Phi) is 5.05. The second-order valence-corrected chi connectivity index (χ2v) is 9.39. The molecule has 1 nitrogen and oxygen atoms in total. The molecule has 1 aliphatic carbocycles. The quantitative estimate of drug-likeness (QED) is 0.730. The average molecular weight is 323 g/mol. The van der Waals surface area contributed by atoms with Gasteiger partial charge in [-0.3, -0.25) is 4.90 Å². The molecule has 1 aromatic carbocycles. The number of halogens is 1. The van der Waals surface area contributed by atoms with Crippen molar-refractivity contribution < 1.29 is 4.39 Å². The van der Waals surface area contributed by atoms with Crippen LogP contribution in [-0.4, -0.2) is 17.0 Å². The molecule has 3 heteroatoms. The van der Waals surface area contributed by atoms with Gasteiger partial charge >= 0.3 is 0 Å². The zero-order chi connectivity index (χ0) is 16.7. The summed E-state index contributed by atoms with van der Waals surface area (Å²) < 4.78 is 14.7. The average Bonchev–Trinajstić information content (AvgIpc) is 3.13. The second-order valence-electron chi connectivity index (χ2n) is 8.77. The van der Waals surface area contributed by atoms with Gasteiger partial charge in [0.2, 0.25) is 0 Å². The van der Waals surface area contributed by atoms with Gasteiger partial charge in [0, 0.05) is 24.2 Å². The minimum Gasteiger partial charge on any atom is -0.294 e. The third kappa shape index (κ3) is 4.52. The zero-order valence-electron chi connectivity index (χ0n) is 15.0. The molecule has 0 heterocycles. The van der Waals surface area contributed by atoms with Crippen LogP contribution >= 0.6 is 9.24 Å². The van der Waals surface area contributed by atoms with E-state index in [4.69, 9.17) is 0 Å². The fourth-order valence-corrected chi connectivity index (χ4v) is 3.04. The number of hydrogen-bond donors (Lipinski definition) is 0. The first-order valence-corrected chi connectivity index (χ1v) is 8.89. The maximum atomic E-state index is 14.7. The van der Waals surface area contributed by atoms with Gasteiger partial charge < -0.3 is 0 Å².